The normalized spacial score (nSPS) is 10.2. The molecule has 0 amide bonds. The lowest BCUT2D eigenvalue weighted by Crippen LogP contribution is -2.03. The average molecular weight is 335 g/mol. The monoisotopic (exact) mass is 334 g/mol. The van der Waals surface area contributed by atoms with Crippen LogP contribution in [0.4, 0.5) is 5.69 Å². The molecule has 0 atom stereocenters. The molecular weight excluding hydrogens is 324 g/mol. The van der Waals surface area contributed by atoms with E-state index in [-0.39, 0.29) is 11.3 Å². The maximum absolute atomic E-state index is 11.8. The number of pyridine rings is 1. The number of hydrogen-bond acceptors (Lipinski definition) is 4. The molecule has 20 heavy (non-hydrogen) atoms. The van der Waals surface area contributed by atoms with E-state index in [1.165, 1.54) is 13.3 Å². The highest BCUT2D eigenvalue weighted by molar-refractivity contribution is 9.10. The van der Waals surface area contributed by atoms with Crippen LogP contribution in [0.2, 0.25) is 0 Å². The van der Waals surface area contributed by atoms with Crippen LogP contribution in [0.1, 0.15) is 21.5 Å². The van der Waals surface area contributed by atoms with Crippen molar-refractivity contribution in [3.63, 3.8) is 0 Å². The molecule has 0 aliphatic heterocycles. The fourth-order valence-corrected chi connectivity index (χ4v) is 2.39. The van der Waals surface area contributed by atoms with Crippen LogP contribution in [0.3, 0.4) is 0 Å². The third-order valence-corrected chi connectivity index (χ3v) is 4.25. The van der Waals surface area contributed by atoms with Crippen molar-refractivity contribution in [3.05, 3.63) is 43.9 Å². The summed E-state index contributed by atoms with van der Waals surface area (Å²) in [7, 11) is 1.27. The molecule has 0 saturated carbocycles. The van der Waals surface area contributed by atoms with Gasteiger partial charge in [-0.3, -0.25) is 4.98 Å². The molecule has 0 spiro atoms. The number of carbonyl (C=O) groups excluding carboxylic acids is 1. The van der Waals surface area contributed by atoms with Crippen molar-refractivity contribution in [2.75, 3.05) is 7.11 Å². The summed E-state index contributed by atoms with van der Waals surface area (Å²) in [6, 6.07) is 1.86. The number of carbonyl (C=O) groups is 1. The lowest BCUT2D eigenvalue weighted by atomic mass is 10.0. The second kappa shape index (κ2) is 5.48. The summed E-state index contributed by atoms with van der Waals surface area (Å²) in [6.07, 6.45) is 1.37. The summed E-state index contributed by atoms with van der Waals surface area (Å²) in [5.41, 5.74) is 11.7. The Kier molecular flexibility index (Phi) is 3.92. The van der Waals surface area contributed by atoms with E-state index in [0.29, 0.717) is 10.9 Å². The van der Waals surface area contributed by atoms with Crippen molar-refractivity contribution in [1.29, 1.82) is 0 Å². The number of halogens is 1. The minimum Gasteiger partial charge on any atom is -0.465 e. The van der Waals surface area contributed by atoms with Gasteiger partial charge in [0.05, 0.1) is 23.9 Å². The summed E-state index contributed by atoms with van der Waals surface area (Å²) in [5, 5.41) is 4.30. The first-order valence-electron chi connectivity index (χ1n) is 5.73. The third kappa shape index (κ3) is 2.21. The molecule has 6 nitrogen and oxygen atoms in total. The average Bonchev–Trinajstić information content (AvgIpc) is 2.44. The molecule has 0 aliphatic carbocycles. The second-order valence-electron chi connectivity index (χ2n) is 4.23. The molecule has 0 radical (unpaired) electrons. The molecule has 1 heterocycles. The summed E-state index contributed by atoms with van der Waals surface area (Å²) >= 11 is 3.49. The molecule has 0 N–H and O–H groups in total. The van der Waals surface area contributed by atoms with E-state index in [9.17, 15) is 4.79 Å². The van der Waals surface area contributed by atoms with Crippen LogP contribution in [-0.2, 0) is 4.74 Å². The van der Waals surface area contributed by atoms with Gasteiger partial charge >= 0.3 is 5.97 Å². The number of rotatable bonds is 2. The topological polar surface area (TPSA) is 88.0 Å². The van der Waals surface area contributed by atoms with E-state index in [1.54, 1.807) is 0 Å². The molecule has 102 valence electrons. The quantitative estimate of drug-likeness (QED) is 0.354. The zero-order chi connectivity index (χ0) is 14.9. The van der Waals surface area contributed by atoms with Crippen molar-refractivity contribution >= 4 is 38.5 Å². The van der Waals surface area contributed by atoms with E-state index in [2.05, 4.69) is 30.9 Å². The zero-order valence-electron chi connectivity index (χ0n) is 11.1. The highest BCUT2D eigenvalue weighted by Crippen LogP contribution is 2.36. The highest BCUT2D eigenvalue weighted by Gasteiger charge is 2.18. The predicted octanol–water partition coefficient (Wildman–Crippen LogP) is 4.34. The van der Waals surface area contributed by atoms with Crippen LogP contribution < -0.4 is 0 Å². The van der Waals surface area contributed by atoms with Gasteiger partial charge in [0.15, 0.2) is 0 Å². The number of ether oxygens (including phenoxy) is 1. The van der Waals surface area contributed by atoms with Crippen LogP contribution in [0.5, 0.6) is 0 Å². The Labute approximate surface area is 123 Å². The number of hydrogen-bond donors (Lipinski definition) is 0. The van der Waals surface area contributed by atoms with Gasteiger partial charge in [0, 0.05) is 21.0 Å². The molecule has 2 aromatic rings. The molecule has 1 aromatic carbocycles. The van der Waals surface area contributed by atoms with E-state index in [4.69, 9.17) is 10.3 Å². The molecule has 0 aliphatic rings. The minimum absolute atomic E-state index is 0.150. The first-order valence-corrected chi connectivity index (χ1v) is 6.52. The SMILES string of the molecule is COC(=O)c1cnc2cc(C)c(Br)c(C)c2c1N=[N+]=[N-]. The van der Waals surface area contributed by atoms with Gasteiger partial charge in [-0.05, 0) is 36.6 Å². The number of azide groups is 1. The van der Waals surface area contributed by atoms with Crippen LogP contribution in [0.15, 0.2) is 21.9 Å². The number of aryl methyl sites for hydroxylation is 2. The van der Waals surface area contributed by atoms with Gasteiger partial charge < -0.3 is 4.74 Å². The van der Waals surface area contributed by atoms with Crippen LogP contribution in [-0.4, -0.2) is 18.1 Å². The Bertz CT molecular complexity index is 767. The molecule has 0 unspecified atom stereocenters. The first-order chi connectivity index (χ1) is 9.51. The lowest BCUT2D eigenvalue weighted by molar-refractivity contribution is 0.0601. The summed E-state index contributed by atoms with van der Waals surface area (Å²) in [6.45, 7) is 3.82. The predicted molar refractivity (Wildman–Crippen MR) is 79.1 cm³/mol. The van der Waals surface area contributed by atoms with Crippen molar-refractivity contribution < 1.29 is 9.53 Å². The maximum atomic E-state index is 11.8. The summed E-state index contributed by atoms with van der Waals surface area (Å²) < 4.78 is 5.58. The van der Waals surface area contributed by atoms with Crippen LogP contribution >= 0.6 is 15.9 Å². The van der Waals surface area contributed by atoms with Gasteiger partial charge in [0.25, 0.3) is 0 Å². The third-order valence-electron chi connectivity index (χ3n) is 3.03. The van der Waals surface area contributed by atoms with Gasteiger partial charge in [-0.2, -0.15) is 0 Å². The number of fused-ring (bicyclic) bond motifs is 1. The van der Waals surface area contributed by atoms with Gasteiger partial charge in [0.2, 0.25) is 0 Å². The number of methoxy groups -OCH3 is 1. The smallest absolute Gasteiger partial charge is 0.339 e. The van der Waals surface area contributed by atoms with Crippen LogP contribution in [0, 0.1) is 13.8 Å². The summed E-state index contributed by atoms with van der Waals surface area (Å²) in [5.74, 6) is -0.585. The van der Waals surface area contributed by atoms with E-state index >= 15 is 0 Å². The minimum atomic E-state index is -0.585. The van der Waals surface area contributed by atoms with Crippen LogP contribution in [0.25, 0.3) is 21.3 Å². The van der Waals surface area contributed by atoms with Gasteiger partial charge in [-0.25, -0.2) is 4.79 Å². The number of nitrogens with zero attached hydrogens (tertiary/aromatic N) is 4. The number of aromatic nitrogens is 1. The van der Waals surface area contributed by atoms with Crippen molar-refractivity contribution in [3.8, 4) is 0 Å². The van der Waals surface area contributed by atoms with E-state index < -0.39 is 5.97 Å². The Hall–Kier alpha value is -2.11. The van der Waals surface area contributed by atoms with Gasteiger partial charge in [-0.15, -0.1) is 0 Å². The summed E-state index contributed by atoms with van der Waals surface area (Å²) in [4.78, 5) is 18.8. The van der Waals surface area contributed by atoms with Crippen molar-refractivity contribution in [2.45, 2.75) is 13.8 Å². The van der Waals surface area contributed by atoms with E-state index in [0.717, 1.165) is 15.6 Å². The molecule has 0 saturated heterocycles. The fraction of sp³-hybridized carbons (Fsp3) is 0.231. The Balaban J connectivity index is 2.98. The van der Waals surface area contributed by atoms with Crippen molar-refractivity contribution in [1.82, 2.24) is 4.98 Å². The molecule has 2 rings (SSSR count). The molecule has 7 heteroatoms. The molecule has 1 aromatic heterocycles. The lowest BCUT2D eigenvalue weighted by Gasteiger charge is -2.12. The highest BCUT2D eigenvalue weighted by atomic mass is 79.9. The molecule has 0 fully saturated rings. The number of benzene rings is 1. The maximum Gasteiger partial charge on any atom is 0.339 e. The number of esters is 1. The second-order valence-corrected chi connectivity index (χ2v) is 5.02. The Morgan fingerprint density at radius 2 is 2.20 bits per heavy atom. The first kappa shape index (κ1) is 14.3. The molecular formula is C13H11BrN4O2. The Morgan fingerprint density at radius 3 is 2.80 bits per heavy atom. The molecule has 0 bridgehead atoms. The fourth-order valence-electron chi connectivity index (χ4n) is 2.08. The van der Waals surface area contributed by atoms with E-state index in [1.807, 2.05) is 19.9 Å². The largest absolute Gasteiger partial charge is 0.465 e. The Morgan fingerprint density at radius 1 is 1.50 bits per heavy atom. The van der Waals surface area contributed by atoms with Gasteiger partial charge in [0.1, 0.15) is 0 Å². The van der Waals surface area contributed by atoms with Gasteiger partial charge in [-0.1, -0.05) is 21.0 Å². The zero-order valence-corrected chi connectivity index (χ0v) is 12.7. The van der Waals surface area contributed by atoms with Crippen molar-refractivity contribution in [2.24, 2.45) is 5.11 Å². The standard InChI is InChI=1S/C13H11BrN4O2/c1-6-4-9-10(7(2)11(6)14)12(17-18-15)8(5-16-9)13(19)20-3/h4-5H,1-3H3.